The number of piperidine rings is 2. The first kappa shape index (κ1) is 48.3. The lowest BCUT2D eigenvalue weighted by Gasteiger charge is -2.33. The van der Waals surface area contributed by atoms with Crippen LogP contribution >= 0.6 is 23.2 Å². The predicted molar refractivity (Wildman–Crippen MR) is 267 cm³/mol. The zero-order valence-corrected chi connectivity index (χ0v) is 40.9. The molecule has 2 atom stereocenters. The zero-order valence-electron chi connectivity index (χ0n) is 39.4. The van der Waals surface area contributed by atoms with Crippen molar-refractivity contribution in [1.82, 2.24) is 19.8 Å². The quantitative estimate of drug-likeness (QED) is 0.0875. The normalized spacial score (nSPS) is 16.4. The van der Waals surface area contributed by atoms with Crippen LogP contribution in [-0.2, 0) is 39.5 Å². The minimum atomic E-state index is 0.252. The first-order valence-corrected chi connectivity index (χ1v) is 24.3. The minimum absolute atomic E-state index is 0.252. The lowest BCUT2D eigenvalue weighted by molar-refractivity contribution is 0.150. The number of ether oxygens (including phenoxy) is 4. The average Bonchev–Trinajstić information content (AvgIpc) is 3.35. The molecule has 0 amide bonds. The second-order valence-corrected chi connectivity index (χ2v) is 18.9. The number of likely N-dealkylation sites (tertiary alicyclic amines) is 2. The Balaban J connectivity index is 0.993. The standard InChI is InChI=1S/C56H58Cl2N6O4/c1-37-11-5-7-17-63(37)31-47-21-51(57)55(23-53(47)65-33-43-19-41(25-59)27-61-29-43)67-35-45-13-9-15-49(39(45)3)50-16-10-14-46(40(50)4)36-68-56-24-54(66-34-44-20-42(26-60)28-62-30-44)48(22-52(56)58)32-64-18-8-6-12-38(64)2/h9-10,13-16,19-24,27-30,37-38H,5-8,11-12,17-18,31-36H2,1-4H3/t37-,38-/m1/s1. The summed E-state index contributed by atoms with van der Waals surface area (Å²) in [5, 5.41) is 19.9. The van der Waals surface area contributed by atoms with Crippen LogP contribution in [0.15, 0.2) is 97.6 Å². The van der Waals surface area contributed by atoms with Crippen molar-refractivity contribution in [3.63, 3.8) is 0 Å². The summed E-state index contributed by atoms with van der Waals surface area (Å²) in [6, 6.07) is 29.2. The Hall–Kier alpha value is -6.14. The number of nitriles is 2. The summed E-state index contributed by atoms with van der Waals surface area (Å²) in [5.41, 5.74) is 11.0. The van der Waals surface area contributed by atoms with E-state index in [9.17, 15) is 10.5 Å². The Bertz CT molecular complexity index is 2630. The van der Waals surface area contributed by atoms with Crippen molar-refractivity contribution in [3.05, 3.63) is 163 Å². The molecular weight excluding hydrogens is 892 g/mol. The van der Waals surface area contributed by atoms with Crippen molar-refractivity contribution in [2.45, 2.75) is 118 Å². The molecule has 8 rings (SSSR count). The fourth-order valence-corrected chi connectivity index (χ4v) is 9.74. The van der Waals surface area contributed by atoms with E-state index in [0.717, 1.165) is 81.6 Å². The van der Waals surface area contributed by atoms with Crippen LogP contribution in [0.5, 0.6) is 23.0 Å². The molecule has 4 aromatic carbocycles. The van der Waals surface area contributed by atoms with Crippen molar-refractivity contribution in [1.29, 1.82) is 10.5 Å². The molecule has 350 valence electrons. The van der Waals surface area contributed by atoms with Crippen molar-refractivity contribution in [3.8, 4) is 46.3 Å². The van der Waals surface area contributed by atoms with Crippen LogP contribution in [-0.4, -0.2) is 44.9 Å². The van der Waals surface area contributed by atoms with Gasteiger partial charge in [-0.15, -0.1) is 0 Å². The van der Waals surface area contributed by atoms with E-state index < -0.39 is 0 Å². The fraction of sp³-hybridized carbons (Fsp3) is 0.357. The van der Waals surface area contributed by atoms with Crippen LogP contribution in [0.2, 0.25) is 10.0 Å². The van der Waals surface area contributed by atoms with Gasteiger partial charge in [-0.05, 0) is 124 Å². The molecule has 12 heteroatoms. The molecule has 0 aliphatic carbocycles. The van der Waals surface area contributed by atoms with Crippen molar-refractivity contribution in [2.24, 2.45) is 0 Å². The molecule has 2 aromatic heterocycles. The van der Waals surface area contributed by atoms with Gasteiger partial charge in [0.25, 0.3) is 0 Å². The van der Waals surface area contributed by atoms with Gasteiger partial charge in [0.05, 0.1) is 21.2 Å². The summed E-state index contributed by atoms with van der Waals surface area (Å²) in [6.07, 6.45) is 13.7. The monoisotopic (exact) mass is 948 g/mol. The molecule has 6 aromatic rings. The van der Waals surface area contributed by atoms with Crippen LogP contribution < -0.4 is 18.9 Å². The van der Waals surface area contributed by atoms with E-state index in [4.69, 9.17) is 42.1 Å². The summed E-state index contributed by atoms with van der Waals surface area (Å²) >= 11 is 14.0. The summed E-state index contributed by atoms with van der Waals surface area (Å²) in [6.45, 7) is 13.4. The molecule has 0 saturated carbocycles. The van der Waals surface area contributed by atoms with E-state index in [1.807, 2.05) is 24.3 Å². The molecule has 10 nitrogen and oxygen atoms in total. The van der Waals surface area contributed by atoms with Gasteiger partial charge in [-0.2, -0.15) is 10.5 Å². The van der Waals surface area contributed by atoms with E-state index in [2.05, 4.69) is 96.0 Å². The van der Waals surface area contributed by atoms with Crippen molar-refractivity contribution < 1.29 is 18.9 Å². The highest BCUT2D eigenvalue weighted by molar-refractivity contribution is 6.32. The Morgan fingerprint density at radius 3 is 1.38 bits per heavy atom. The molecule has 0 unspecified atom stereocenters. The van der Waals surface area contributed by atoms with Gasteiger partial charge in [0.1, 0.15) is 61.6 Å². The first-order valence-electron chi connectivity index (χ1n) is 23.6. The van der Waals surface area contributed by atoms with Gasteiger partial charge >= 0.3 is 0 Å². The average molecular weight is 950 g/mol. The van der Waals surface area contributed by atoms with E-state index in [1.54, 1.807) is 36.9 Å². The summed E-state index contributed by atoms with van der Waals surface area (Å²) in [4.78, 5) is 13.4. The Morgan fingerprint density at radius 2 is 0.971 bits per heavy atom. The molecule has 68 heavy (non-hydrogen) atoms. The Kier molecular flexibility index (Phi) is 16.2. The largest absolute Gasteiger partial charge is 0.488 e. The smallest absolute Gasteiger partial charge is 0.142 e. The SMILES string of the molecule is Cc1c(COc2cc(OCc3cncc(C#N)c3)c(CN3CCCC[C@H]3C)cc2Cl)cccc1-c1cccc(COc2cc(OCc3cncc(C#N)c3)c(CN3CCCC[C@H]3C)cc2Cl)c1C. The van der Waals surface area contributed by atoms with Gasteiger partial charge in [-0.1, -0.05) is 72.4 Å². The number of benzene rings is 4. The second-order valence-electron chi connectivity index (χ2n) is 18.1. The molecule has 2 saturated heterocycles. The molecule has 2 aliphatic heterocycles. The van der Waals surface area contributed by atoms with Crippen LogP contribution in [0.1, 0.15) is 108 Å². The molecule has 2 fully saturated rings. The predicted octanol–water partition coefficient (Wildman–Crippen LogP) is 12.9. The van der Waals surface area contributed by atoms with Crippen LogP contribution in [0.4, 0.5) is 0 Å². The molecule has 0 N–H and O–H groups in total. The number of nitrogens with zero attached hydrogens (tertiary/aromatic N) is 6. The van der Waals surface area contributed by atoms with Gasteiger partial charge in [0.15, 0.2) is 0 Å². The molecule has 0 bridgehead atoms. The highest BCUT2D eigenvalue weighted by Crippen LogP contribution is 2.39. The maximum Gasteiger partial charge on any atom is 0.142 e. The van der Waals surface area contributed by atoms with Crippen LogP contribution in [0.3, 0.4) is 0 Å². The highest BCUT2D eigenvalue weighted by atomic mass is 35.5. The third-order valence-corrected chi connectivity index (χ3v) is 14.0. The number of hydrogen-bond acceptors (Lipinski definition) is 10. The Labute approximate surface area is 411 Å². The van der Waals surface area contributed by atoms with E-state index in [0.29, 0.717) is 82.6 Å². The van der Waals surface area contributed by atoms with Crippen LogP contribution in [0, 0.1) is 36.5 Å². The third kappa shape index (κ3) is 11.9. The minimum Gasteiger partial charge on any atom is -0.488 e. The number of halogens is 2. The molecule has 4 heterocycles. The lowest BCUT2D eigenvalue weighted by atomic mass is 9.92. The molecule has 0 radical (unpaired) electrons. The van der Waals surface area contributed by atoms with Gasteiger partial charge in [0, 0.05) is 84.3 Å². The maximum absolute atomic E-state index is 9.43. The maximum atomic E-state index is 9.43. The molecule has 2 aliphatic rings. The summed E-state index contributed by atoms with van der Waals surface area (Å²) < 4.78 is 25.9. The molecule has 0 spiro atoms. The number of rotatable bonds is 17. The van der Waals surface area contributed by atoms with Gasteiger partial charge < -0.3 is 18.9 Å². The number of aromatic nitrogens is 2. The molecular formula is C56H58Cl2N6O4. The van der Waals surface area contributed by atoms with Gasteiger partial charge in [-0.25, -0.2) is 0 Å². The lowest BCUT2D eigenvalue weighted by Crippen LogP contribution is -2.36. The second kappa shape index (κ2) is 22.8. The van der Waals surface area contributed by atoms with Crippen molar-refractivity contribution >= 4 is 23.2 Å². The van der Waals surface area contributed by atoms with E-state index in [1.165, 1.54) is 25.7 Å². The van der Waals surface area contributed by atoms with E-state index in [-0.39, 0.29) is 13.2 Å². The number of hydrogen-bond donors (Lipinski definition) is 0. The van der Waals surface area contributed by atoms with E-state index >= 15 is 0 Å². The highest BCUT2D eigenvalue weighted by Gasteiger charge is 2.24. The van der Waals surface area contributed by atoms with Crippen LogP contribution in [0.25, 0.3) is 11.1 Å². The first-order chi connectivity index (χ1) is 33.1. The topological polar surface area (TPSA) is 117 Å². The van der Waals surface area contributed by atoms with Crippen molar-refractivity contribution in [2.75, 3.05) is 13.1 Å². The summed E-state index contributed by atoms with van der Waals surface area (Å²) in [7, 11) is 0. The third-order valence-electron chi connectivity index (χ3n) is 13.4. The number of pyridine rings is 2. The summed E-state index contributed by atoms with van der Waals surface area (Å²) in [5.74, 6) is 2.45. The van der Waals surface area contributed by atoms with Gasteiger partial charge in [-0.3, -0.25) is 19.8 Å². The van der Waals surface area contributed by atoms with Gasteiger partial charge in [0.2, 0.25) is 0 Å². The zero-order chi connectivity index (χ0) is 47.6. The fourth-order valence-electron chi connectivity index (χ4n) is 9.26. The Morgan fingerprint density at radius 1 is 0.544 bits per heavy atom.